The number of carbonyl (C=O) groups is 1. The standard InChI is InChI=1S/C10H16N2O/c11-8-3-6-4-9(8)12(5-6)10(13)7-1-2-7/h6-9H,1-5,11H2. The first-order valence-electron chi connectivity index (χ1n) is 5.32. The minimum Gasteiger partial charge on any atom is -0.338 e. The van der Waals surface area contributed by atoms with Gasteiger partial charge in [-0.2, -0.15) is 0 Å². The minimum absolute atomic E-state index is 0.265. The van der Waals surface area contributed by atoms with E-state index in [1.165, 1.54) is 6.42 Å². The van der Waals surface area contributed by atoms with Gasteiger partial charge in [0.05, 0.1) is 0 Å². The lowest BCUT2D eigenvalue weighted by molar-refractivity contribution is -0.134. The van der Waals surface area contributed by atoms with Crippen LogP contribution >= 0.6 is 0 Å². The van der Waals surface area contributed by atoms with Crippen molar-refractivity contribution in [2.24, 2.45) is 17.6 Å². The van der Waals surface area contributed by atoms with Crippen molar-refractivity contribution in [1.29, 1.82) is 0 Å². The maximum Gasteiger partial charge on any atom is 0.225 e. The van der Waals surface area contributed by atoms with E-state index in [0.717, 1.165) is 25.8 Å². The molecular formula is C10H16N2O. The number of carbonyl (C=O) groups excluding carboxylic acids is 1. The summed E-state index contributed by atoms with van der Waals surface area (Å²) in [6.45, 7) is 0.994. The summed E-state index contributed by atoms with van der Waals surface area (Å²) in [6.07, 6.45) is 4.53. The Morgan fingerprint density at radius 2 is 2.08 bits per heavy atom. The number of rotatable bonds is 1. The van der Waals surface area contributed by atoms with Crippen molar-refractivity contribution >= 4 is 5.91 Å². The van der Waals surface area contributed by atoms with Gasteiger partial charge >= 0.3 is 0 Å². The molecule has 1 amide bonds. The first kappa shape index (κ1) is 7.80. The van der Waals surface area contributed by atoms with Crippen LogP contribution in [0.4, 0.5) is 0 Å². The zero-order chi connectivity index (χ0) is 9.00. The molecule has 0 spiro atoms. The monoisotopic (exact) mass is 180 g/mol. The SMILES string of the molecule is NC1CC2CC1N(C(=O)C1CC1)C2. The summed E-state index contributed by atoms with van der Waals surface area (Å²) in [5.41, 5.74) is 5.97. The Kier molecular flexibility index (Phi) is 1.48. The van der Waals surface area contributed by atoms with Crippen molar-refractivity contribution in [3.05, 3.63) is 0 Å². The maximum absolute atomic E-state index is 11.8. The Hall–Kier alpha value is -0.570. The molecule has 0 aromatic heterocycles. The molecule has 3 rings (SSSR count). The van der Waals surface area contributed by atoms with E-state index >= 15 is 0 Å². The van der Waals surface area contributed by atoms with Crippen LogP contribution in [0.25, 0.3) is 0 Å². The number of nitrogens with two attached hydrogens (primary N) is 1. The third-order valence-corrected chi connectivity index (χ3v) is 3.74. The molecule has 2 bridgehead atoms. The Morgan fingerprint density at radius 1 is 1.31 bits per heavy atom. The summed E-state index contributed by atoms with van der Waals surface area (Å²) in [5, 5.41) is 0. The second kappa shape index (κ2) is 2.47. The van der Waals surface area contributed by atoms with Gasteiger partial charge in [-0.05, 0) is 31.6 Å². The molecule has 3 fully saturated rings. The summed E-state index contributed by atoms with van der Waals surface area (Å²) >= 11 is 0. The van der Waals surface area contributed by atoms with Crippen LogP contribution in [0.2, 0.25) is 0 Å². The van der Waals surface area contributed by atoms with E-state index < -0.39 is 0 Å². The normalized spacial score (nSPS) is 42.8. The average molecular weight is 180 g/mol. The highest BCUT2D eigenvalue weighted by atomic mass is 16.2. The fourth-order valence-electron chi connectivity index (χ4n) is 2.89. The molecule has 2 aliphatic carbocycles. The summed E-state index contributed by atoms with van der Waals surface area (Å²) in [7, 11) is 0. The number of hydrogen-bond donors (Lipinski definition) is 1. The predicted molar refractivity (Wildman–Crippen MR) is 48.9 cm³/mol. The number of nitrogens with zero attached hydrogens (tertiary/aromatic N) is 1. The topological polar surface area (TPSA) is 46.3 Å². The lowest BCUT2D eigenvalue weighted by Crippen LogP contribution is -2.48. The second-order valence-corrected chi connectivity index (χ2v) is 4.83. The van der Waals surface area contributed by atoms with Gasteiger partial charge in [-0.15, -0.1) is 0 Å². The molecule has 13 heavy (non-hydrogen) atoms. The predicted octanol–water partition coefficient (Wildman–Crippen LogP) is 0.344. The smallest absolute Gasteiger partial charge is 0.225 e. The lowest BCUT2D eigenvalue weighted by Gasteiger charge is -2.31. The van der Waals surface area contributed by atoms with Crippen molar-refractivity contribution < 1.29 is 4.79 Å². The van der Waals surface area contributed by atoms with Crippen LogP contribution in [0.5, 0.6) is 0 Å². The molecule has 3 aliphatic rings. The van der Waals surface area contributed by atoms with E-state index in [1.54, 1.807) is 0 Å². The molecule has 3 unspecified atom stereocenters. The summed E-state index contributed by atoms with van der Waals surface area (Å²) < 4.78 is 0. The molecule has 2 saturated carbocycles. The maximum atomic E-state index is 11.8. The van der Waals surface area contributed by atoms with Gasteiger partial charge in [0.1, 0.15) is 0 Å². The Bertz CT molecular complexity index is 249. The molecule has 3 heteroatoms. The van der Waals surface area contributed by atoms with E-state index in [-0.39, 0.29) is 6.04 Å². The van der Waals surface area contributed by atoms with Gasteiger partial charge in [0.2, 0.25) is 5.91 Å². The van der Waals surface area contributed by atoms with Crippen LogP contribution in [0, 0.1) is 11.8 Å². The van der Waals surface area contributed by atoms with Crippen LogP contribution in [0.15, 0.2) is 0 Å². The van der Waals surface area contributed by atoms with Crippen LogP contribution in [-0.4, -0.2) is 29.4 Å². The molecule has 0 radical (unpaired) electrons. The second-order valence-electron chi connectivity index (χ2n) is 4.83. The number of piperidine rings is 1. The third-order valence-electron chi connectivity index (χ3n) is 3.74. The van der Waals surface area contributed by atoms with Gasteiger partial charge < -0.3 is 10.6 Å². The molecule has 3 atom stereocenters. The molecule has 0 aromatic rings. The number of hydrogen-bond acceptors (Lipinski definition) is 2. The minimum atomic E-state index is 0.265. The van der Waals surface area contributed by atoms with Crippen molar-refractivity contribution in [1.82, 2.24) is 4.90 Å². The van der Waals surface area contributed by atoms with Crippen molar-refractivity contribution in [2.45, 2.75) is 37.8 Å². The first-order valence-corrected chi connectivity index (χ1v) is 5.32. The molecule has 1 saturated heterocycles. The Balaban J connectivity index is 1.75. The fourth-order valence-corrected chi connectivity index (χ4v) is 2.89. The van der Waals surface area contributed by atoms with E-state index in [0.29, 0.717) is 23.8 Å². The van der Waals surface area contributed by atoms with E-state index in [9.17, 15) is 4.79 Å². The summed E-state index contributed by atoms with van der Waals surface area (Å²) in [4.78, 5) is 13.9. The van der Waals surface area contributed by atoms with Gasteiger partial charge in [-0.1, -0.05) is 0 Å². The highest BCUT2D eigenvalue weighted by Gasteiger charge is 2.47. The van der Waals surface area contributed by atoms with Crippen LogP contribution in [0.1, 0.15) is 25.7 Å². The van der Waals surface area contributed by atoms with Crippen molar-refractivity contribution in [2.75, 3.05) is 6.54 Å². The molecule has 1 aliphatic heterocycles. The number of amides is 1. The molecule has 2 N–H and O–H groups in total. The lowest BCUT2D eigenvalue weighted by atomic mass is 10.1. The Morgan fingerprint density at radius 3 is 2.62 bits per heavy atom. The van der Waals surface area contributed by atoms with Crippen LogP contribution < -0.4 is 5.73 Å². The Labute approximate surface area is 78.3 Å². The van der Waals surface area contributed by atoms with E-state index in [4.69, 9.17) is 5.73 Å². The summed E-state index contributed by atoms with van der Waals surface area (Å²) in [5.74, 6) is 1.47. The molecule has 1 heterocycles. The van der Waals surface area contributed by atoms with Crippen LogP contribution in [-0.2, 0) is 4.79 Å². The largest absolute Gasteiger partial charge is 0.338 e. The van der Waals surface area contributed by atoms with Gasteiger partial charge in [0.25, 0.3) is 0 Å². The number of fused-ring (bicyclic) bond motifs is 2. The van der Waals surface area contributed by atoms with E-state index in [2.05, 4.69) is 4.90 Å². The highest BCUT2D eigenvalue weighted by Crippen LogP contribution is 2.40. The third kappa shape index (κ3) is 1.10. The zero-order valence-corrected chi connectivity index (χ0v) is 7.78. The fraction of sp³-hybridized carbons (Fsp3) is 0.900. The zero-order valence-electron chi connectivity index (χ0n) is 7.78. The van der Waals surface area contributed by atoms with Gasteiger partial charge in [-0.3, -0.25) is 4.79 Å². The number of likely N-dealkylation sites (tertiary alicyclic amines) is 1. The van der Waals surface area contributed by atoms with E-state index in [1.807, 2.05) is 0 Å². The van der Waals surface area contributed by atoms with Gasteiger partial charge in [-0.25, -0.2) is 0 Å². The average Bonchev–Trinajstić information content (AvgIpc) is 2.79. The van der Waals surface area contributed by atoms with Gasteiger partial charge in [0, 0.05) is 24.5 Å². The molecule has 72 valence electrons. The first-order chi connectivity index (χ1) is 6.25. The van der Waals surface area contributed by atoms with Gasteiger partial charge in [0.15, 0.2) is 0 Å². The quantitative estimate of drug-likeness (QED) is 0.632. The summed E-state index contributed by atoms with van der Waals surface area (Å²) in [6, 6.07) is 0.652. The molecule has 0 aromatic carbocycles. The highest BCUT2D eigenvalue weighted by molar-refractivity contribution is 5.81. The molecular weight excluding hydrogens is 164 g/mol. The van der Waals surface area contributed by atoms with Crippen molar-refractivity contribution in [3.63, 3.8) is 0 Å². The van der Waals surface area contributed by atoms with Crippen LogP contribution in [0.3, 0.4) is 0 Å². The molecule has 3 nitrogen and oxygen atoms in total. The van der Waals surface area contributed by atoms with Crippen molar-refractivity contribution in [3.8, 4) is 0 Å².